The first-order valence-corrected chi connectivity index (χ1v) is 13.3. The number of fused-ring (bicyclic) bond motifs is 1. The molecule has 10 nitrogen and oxygen atoms in total. The largest absolute Gasteiger partial charge is 0.472 e. The summed E-state index contributed by atoms with van der Waals surface area (Å²) in [5.74, 6) is -0.316. The molecule has 35 heavy (non-hydrogen) atoms. The molecule has 3 atom stereocenters. The van der Waals surface area contributed by atoms with Crippen molar-refractivity contribution in [3.63, 3.8) is 0 Å². The highest BCUT2D eigenvalue weighted by molar-refractivity contribution is 7.89. The molecule has 4 rings (SSSR count). The number of aryl methyl sites for hydroxylation is 1. The molecule has 0 unspecified atom stereocenters. The molecular weight excluding hydrogens is 470 g/mol. The predicted molar refractivity (Wildman–Crippen MR) is 130 cm³/mol. The van der Waals surface area contributed by atoms with Crippen LogP contribution in [0, 0.1) is 5.92 Å². The minimum Gasteiger partial charge on any atom is -0.472 e. The molecule has 11 heteroatoms. The van der Waals surface area contributed by atoms with Crippen molar-refractivity contribution in [3.8, 4) is 5.88 Å². The highest BCUT2D eigenvalue weighted by atomic mass is 32.2. The molecule has 2 aliphatic rings. The number of imidazole rings is 1. The van der Waals surface area contributed by atoms with E-state index < -0.39 is 22.2 Å². The van der Waals surface area contributed by atoms with Gasteiger partial charge in [-0.2, -0.15) is 4.31 Å². The fourth-order valence-corrected chi connectivity index (χ4v) is 5.60. The van der Waals surface area contributed by atoms with Gasteiger partial charge in [0.15, 0.2) is 5.03 Å². The average molecular weight is 504 g/mol. The maximum atomic E-state index is 13.5. The van der Waals surface area contributed by atoms with Crippen molar-refractivity contribution in [2.75, 3.05) is 26.7 Å². The van der Waals surface area contributed by atoms with Gasteiger partial charge >= 0.3 is 0 Å². The molecule has 0 bridgehead atoms. The molecule has 0 saturated carbocycles. The van der Waals surface area contributed by atoms with Gasteiger partial charge in [-0.25, -0.2) is 18.4 Å². The number of rotatable bonds is 7. The van der Waals surface area contributed by atoms with Crippen LogP contribution in [0.3, 0.4) is 0 Å². The number of hydrogen-bond donors (Lipinski definition) is 1. The summed E-state index contributed by atoms with van der Waals surface area (Å²) in [6, 6.07) is 1.39. The van der Waals surface area contributed by atoms with Gasteiger partial charge in [-0.05, 0) is 43.4 Å². The van der Waals surface area contributed by atoms with Gasteiger partial charge < -0.3 is 19.3 Å². The minimum absolute atomic E-state index is 0.0419. The standard InChI is InChI=1S/C24H33N5O5S/c1-16-11-29(17(2)14-30)24(31)20-9-19(18-7-5-6-8-18)10-25-23(20)34-21(16)12-28(4)35(32,33)22-13-27(3)15-26-22/h7,9-10,13,15-17,21,30H,5-6,8,11-12,14H2,1-4H3/t16-,17+,21-/m0/s1. The normalized spacial score (nSPS) is 21.8. The zero-order valence-corrected chi connectivity index (χ0v) is 21.4. The van der Waals surface area contributed by atoms with E-state index in [2.05, 4.69) is 16.0 Å². The van der Waals surface area contributed by atoms with Crippen molar-refractivity contribution in [2.45, 2.75) is 50.3 Å². The molecule has 1 N–H and O–H groups in total. The smallest absolute Gasteiger partial charge is 0.261 e. The summed E-state index contributed by atoms with van der Waals surface area (Å²) in [6.45, 7) is 3.85. The van der Waals surface area contributed by atoms with Crippen LogP contribution < -0.4 is 4.74 Å². The van der Waals surface area contributed by atoms with Crippen molar-refractivity contribution in [1.29, 1.82) is 0 Å². The zero-order chi connectivity index (χ0) is 25.3. The molecule has 1 amide bonds. The summed E-state index contributed by atoms with van der Waals surface area (Å²) in [6.07, 6.45) is 9.18. The second kappa shape index (κ2) is 10.1. The van der Waals surface area contributed by atoms with E-state index in [1.165, 1.54) is 23.9 Å². The van der Waals surface area contributed by atoms with E-state index in [0.29, 0.717) is 12.1 Å². The third-order valence-corrected chi connectivity index (χ3v) is 8.43. The quantitative estimate of drug-likeness (QED) is 0.613. The highest BCUT2D eigenvalue weighted by Crippen LogP contribution is 2.32. The molecule has 1 aliphatic carbocycles. The second-order valence-corrected chi connectivity index (χ2v) is 11.5. The molecule has 0 saturated heterocycles. The Morgan fingerprint density at radius 1 is 1.34 bits per heavy atom. The number of aliphatic hydroxyl groups excluding tert-OH is 1. The van der Waals surface area contributed by atoms with Gasteiger partial charge in [-0.3, -0.25) is 4.79 Å². The molecule has 190 valence electrons. The second-order valence-electron chi connectivity index (χ2n) is 9.48. The molecule has 1 aliphatic heterocycles. The summed E-state index contributed by atoms with van der Waals surface area (Å²) >= 11 is 0. The van der Waals surface area contributed by atoms with Crippen molar-refractivity contribution >= 4 is 21.5 Å². The number of allylic oxidation sites excluding steroid dienone is 2. The summed E-state index contributed by atoms with van der Waals surface area (Å²) in [5.41, 5.74) is 2.36. The average Bonchev–Trinajstić information content (AvgIpc) is 3.53. The summed E-state index contributed by atoms with van der Waals surface area (Å²) < 4.78 is 35.2. The SMILES string of the molecule is C[C@H](CO)N1C[C@H](C)[C@H](CN(C)S(=O)(=O)c2cn(C)cn2)Oc2ncc(C3=CCCC3)cc2C1=O. The Hall–Kier alpha value is -2.76. The Morgan fingerprint density at radius 2 is 2.11 bits per heavy atom. The van der Waals surface area contributed by atoms with E-state index in [0.717, 1.165) is 30.4 Å². The molecular formula is C24H33N5O5S. The van der Waals surface area contributed by atoms with E-state index in [4.69, 9.17) is 4.74 Å². The molecule has 3 heterocycles. The van der Waals surface area contributed by atoms with Crippen LogP contribution in [0.15, 0.2) is 35.9 Å². The van der Waals surface area contributed by atoms with E-state index >= 15 is 0 Å². The summed E-state index contributed by atoms with van der Waals surface area (Å²) in [7, 11) is -0.634. The van der Waals surface area contributed by atoms with E-state index in [1.54, 1.807) is 35.7 Å². The topological polar surface area (TPSA) is 118 Å². The fraction of sp³-hybridized carbons (Fsp3) is 0.542. The number of sulfonamides is 1. The van der Waals surface area contributed by atoms with Crippen LogP contribution in [-0.2, 0) is 17.1 Å². The van der Waals surface area contributed by atoms with Crippen molar-refractivity contribution < 1.29 is 23.1 Å². The number of amides is 1. The minimum atomic E-state index is -3.83. The third-order valence-electron chi connectivity index (χ3n) is 6.73. The van der Waals surface area contributed by atoms with Crippen LogP contribution in [-0.4, -0.2) is 82.1 Å². The number of ether oxygens (including phenoxy) is 1. The van der Waals surface area contributed by atoms with Crippen molar-refractivity contribution in [3.05, 3.63) is 42.0 Å². The Bertz CT molecular complexity index is 1220. The first kappa shape index (κ1) is 25.3. The molecule has 2 aromatic heterocycles. The van der Waals surface area contributed by atoms with E-state index in [9.17, 15) is 18.3 Å². The molecule has 0 spiro atoms. The predicted octanol–water partition coefficient (Wildman–Crippen LogP) is 1.92. The Kier molecular flexibility index (Phi) is 7.30. The Morgan fingerprint density at radius 3 is 2.74 bits per heavy atom. The number of pyridine rings is 1. The van der Waals surface area contributed by atoms with Crippen LogP contribution in [0.5, 0.6) is 5.88 Å². The van der Waals surface area contributed by atoms with Gasteiger partial charge in [-0.1, -0.05) is 13.0 Å². The zero-order valence-electron chi connectivity index (χ0n) is 20.6. The van der Waals surface area contributed by atoms with Crippen LogP contribution >= 0.6 is 0 Å². The lowest BCUT2D eigenvalue weighted by atomic mass is 9.99. The lowest BCUT2D eigenvalue weighted by molar-refractivity contribution is 0.0373. The van der Waals surface area contributed by atoms with Gasteiger partial charge in [0, 0.05) is 39.0 Å². The van der Waals surface area contributed by atoms with Crippen molar-refractivity contribution in [1.82, 2.24) is 23.7 Å². The van der Waals surface area contributed by atoms with Crippen molar-refractivity contribution in [2.24, 2.45) is 13.0 Å². The van der Waals surface area contributed by atoms with Crippen LogP contribution in [0.2, 0.25) is 0 Å². The Labute approximate surface area is 206 Å². The van der Waals surface area contributed by atoms with Gasteiger partial charge in [-0.15, -0.1) is 0 Å². The first-order valence-electron chi connectivity index (χ1n) is 11.8. The maximum Gasteiger partial charge on any atom is 0.261 e. The molecule has 2 aromatic rings. The van der Waals surface area contributed by atoms with Crippen LogP contribution in [0.25, 0.3) is 5.57 Å². The first-order chi connectivity index (χ1) is 16.6. The van der Waals surface area contributed by atoms with Gasteiger partial charge in [0.25, 0.3) is 15.9 Å². The third kappa shape index (κ3) is 5.12. The van der Waals surface area contributed by atoms with Gasteiger partial charge in [0.1, 0.15) is 11.7 Å². The number of aliphatic hydroxyl groups is 1. The number of nitrogens with zero attached hydrogens (tertiary/aromatic N) is 5. The number of carbonyl (C=O) groups excluding carboxylic acids is 1. The lowest BCUT2D eigenvalue weighted by Crippen LogP contribution is -2.50. The number of carbonyl (C=O) groups is 1. The monoisotopic (exact) mass is 503 g/mol. The van der Waals surface area contributed by atoms with Gasteiger partial charge in [0.2, 0.25) is 5.88 Å². The van der Waals surface area contributed by atoms with Gasteiger partial charge in [0.05, 0.1) is 25.5 Å². The van der Waals surface area contributed by atoms with E-state index in [-0.39, 0.29) is 35.9 Å². The molecule has 0 fully saturated rings. The summed E-state index contributed by atoms with van der Waals surface area (Å²) in [4.78, 5) is 23.6. The number of likely N-dealkylation sites (N-methyl/N-ethyl adjacent to an activating group) is 1. The molecule has 0 aromatic carbocycles. The maximum absolute atomic E-state index is 13.5. The number of hydrogen-bond acceptors (Lipinski definition) is 7. The summed E-state index contributed by atoms with van der Waals surface area (Å²) in [5, 5.41) is 9.79. The molecule has 0 radical (unpaired) electrons. The fourth-order valence-electron chi connectivity index (χ4n) is 4.46. The highest BCUT2D eigenvalue weighted by Gasteiger charge is 2.36. The van der Waals surface area contributed by atoms with E-state index in [1.807, 2.05) is 6.92 Å². The van der Waals surface area contributed by atoms with Crippen LogP contribution in [0.4, 0.5) is 0 Å². The van der Waals surface area contributed by atoms with Crippen LogP contribution in [0.1, 0.15) is 49.0 Å². The number of aromatic nitrogens is 3. The Balaban J connectivity index is 1.68. The lowest BCUT2D eigenvalue weighted by Gasteiger charge is -2.37.